The minimum absolute atomic E-state index is 0.197. The Morgan fingerprint density at radius 2 is 1.89 bits per heavy atom. The van der Waals surface area contributed by atoms with Crippen molar-refractivity contribution in [3.63, 3.8) is 0 Å². The van der Waals surface area contributed by atoms with Crippen molar-refractivity contribution in [1.29, 1.82) is 0 Å². The second-order valence-corrected chi connectivity index (χ2v) is 7.51. The summed E-state index contributed by atoms with van der Waals surface area (Å²) in [5.74, 6) is 1.42. The van der Waals surface area contributed by atoms with Gasteiger partial charge in [-0.15, -0.1) is 0 Å². The molecule has 1 aromatic carbocycles. The van der Waals surface area contributed by atoms with Crippen LogP contribution in [0.4, 0.5) is 30.6 Å². The quantitative estimate of drug-likeness (QED) is 0.632. The van der Waals surface area contributed by atoms with E-state index in [1.807, 2.05) is 20.2 Å². The van der Waals surface area contributed by atoms with Crippen molar-refractivity contribution < 1.29 is 13.2 Å². The summed E-state index contributed by atoms with van der Waals surface area (Å²) in [7, 11) is 4.03. The monoisotopic (exact) mass is 393 g/mol. The van der Waals surface area contributed by atoms with E-state index in [2.05, 4.69) is 25.5 Å². The Labute approximate surface area is 163 Å². The molecular weight excluding hydrogens is 367 g/mol. The summed E-state index contributed by atoms with van der Waals surface area (Å²) < 4.78 is 39.5. The summed E-state index contributed by atoms with van der Waals surface area (Å²) in [4.78, 5) is 11.1. The summed E-state index contributed by atoms with van der Waals surface area (Å²) in [6.07, 6.45) is -1.27. The maximum Gasteiger partial charge on any atom is 0.416 e. The van der Waals surface area contributed by atoms with Gasteiger partial charge in [-0.3, -0.25) is 0 Å². The van der Waals surface area contributed by atoms with Crippen LogP contribution in [0.1, 0.15) is 42.0 Å². The fourth-order valence-electron chi connectivity index (χ4n) is 2.95. The molecule has 2 N–H and O–H groups in total. The van der Waals surface area contributed by atoms with Crippen LogP contribution in [0.3, 0.4) is 0 Å². The first-order valence-corrected chi connectivity index (χ1v) is 9.45. The lowest BCUT2D eigenvalue weighted by molar-refractivity contribution is -0.138. The van der Waals surface area contributed by atoms with Crippen molar-refractivity contribution in [3.8, 4) is 0 Å². The molecule has 3 rings (SSSR count). The van der Waals surface area contributed by atoms with E-state index in [0.29, 0.717) is 23.4 Å². The Morgan fingerprint density at radius 3 is 2.54 bits per heavy atom. The first-order chi connectivity index (χ1) is 13.2. The number of rotatable bonds is 8. The Balaban J connectivity index is 1.77. The molecule has 28 heavy (non-hydrogen) atoms. The molecule has 0 aliphatic heterocycles. The van der Waals surface area contributed by atoms with Gasteiger partial charge < -0.3 is 15.5 Å². The van der Waals surface area contributed by atoms with Gasteiger partial charge in [0, 0.05) is 24.2 Å². The average Bonchev–Trinajstić information content (AvgIpc) is 3.44. The van der Waals surface area contributed by atoms with Crippen LogP contribution in [0, 0.1) is 6.92 Å². The highest BCUT2D eigenvalue weighted by molar-refractivity contribution is 5.60. The first kappa shape index (κ1) is 20.4. The van der Waals surface area contributed by atoms with Crippen LogP contribution >= 0.6 is 0 Å². The summed E-state index contributed by atoms with van der Waals surface area (Å²) in [6, 6.07) is 6.05. The number of halogens is 3. The van der Waals surface area contributed by atoms with Crippen molar-refractivity contribution >= 4 is 17.5 Å². The molecule has 1 aliphatic rings. The van der Waals surface area contributed by atoms with E-state index in [4.69, 9.17) is 0 Å². The molecule has 0 amide bonds. The van der Waals surface area contributed by atoms with Gasteiger partial charge in [0.2, 0.25) is 5.95 Å². The summed E-state index contributed by atoms with van der Waals surface area (Å²) in [5.41, 5.74) is 0.839. The van der Waals surface area contributed by atoms with Crippen LogP contribution in [-0.2, 0) is 6.18 Å². The molecule has 1 fully saturated rings. The lowest BCUT2D eigenvalue weighted by Crippen LogP contribution is -2.17. The standard InChI is InChI=1S/C20H26F3N5/c1-13-5-8-15(11-16(13)20(21,22)23)25-18-12-17(14-6-7-14)26-19(27-18)24-9-4-10-28(2)3/h5,8,11-12,14H,4,6-7,9-10H2,1-3H3,(H2,24,25,26,27). The molecule has 0 spiro atoms. The zero-order chi connectivity index (χ0) is 20.3. The molecule has 0 radical (unpaired) electrons. The van der Waals surface area contributed by atoms with Gasteiger partial charge in [-0.2, -0.15) is 18.2 Å². The Kier molecular flexibility index (Phi) is 6.07. The van der Waals surface area contributed by atoms with E-state index in [-0.39, 0.29) is 5.56 Å². The highest BCUT2D eigenvalue weighted by Gasteiger charge is 2.32. The molecule has 1 aromatic heterocycles. The second kappa shape index (κ2) is 8.34. The SMILES string of the molecule is Cc1ccc(Nc2cc(C3CC3)nc(NCCCN(C)C)n2)cc1C(F)(F)F. The summed E-state index contributed by atoms with van der Waals surface area (Å²) in [5, 5.41) is 6.24. The maximum atomic E-state index is 13.2. The van der Waals surface area contributed by atoms with Crippen LogP contribution in [0.5, 0.6) is 0 Å². The Hall–Kier alpha value is -2.35. The number of anilines is 3. The van der Waals surface area contributed by atoms with Crippen LogP contribution in [0.25, 0.3) is 0 Å². The molecular formula is C20H26F3N5. The highest BCUT2D eigenvalue weighted by Crippen LogP contribution is 2.40. The molecule has 8 heteroatoms. The fraction of sp³-hybridized carbons (Fsp3) is 0.500. The number of aryl methyl sites for hydroxylation is 1. The van der Waals surface area contributed by atoms with Crippen molar-refractivity contribution in [2.45, 2.75) is 38.3 Å². The molecule has 0 bridgehead atoms. The highest BCUT2D eigenvalue weighted by atomic mass is 19.4. The van der Waals surface area contributed by atoms with E-state index < -0.39 is 11.7 Å². The average molecular weight is 393 g/mol. The predicted molar refractivity (Wildman–Crippen MR) is 105 cm³/mol. The molecule has 2 aromatic rings. The van der Waals surface area contributed by atoms with E-state index in [1.54, 1.807) is 6.07 Å². The van der Waals surface area contributed by atoms with Crippen LogP contribution in [0.2, 0.25) is 0 Å². The van der Waals surface area contributed by atoms with E-state index >= 15 is 0 Å². The lowest BCUT2D eigenvalue weighted by atomic mass is 10.1. The third kappa shape index (κ3) is 5.58. The number of nitrogens with one attached hydrogen (secondary N) is 2. The van der Waals surface area contributed by atoms with Crippen molar-refractivity contribution in [1.82, 2.24) is 14.9 Å². The number of hydrogen-bond acceptors (Lipinski definition) is 5. The molecule has 5 nitrogen and oxygen atoms in total. The van der Waals surface area contributed by atoms with Crippen LogP contribution in [-0.4, -0.2) is 42.1 Å². The first-order valence-electron chi connectivity index (χ1n) is 9.45. The van der Waals surface area contributed by atoms with Crippen molar-refractivity contribution in [2.24, 2.45) is 0 Å². The zero-order valence-electron chi connectivity index (χ0n) is 16.4. The number of benzene rings is 1. The van der Waals surface area contributed by atoms with Crippen LogP contribution in [0.15, 0.2) is 24.3 Å². The van der Waals surface area contributed by atoms with E-state index in [0.717, 1.165) is 44.1 Å². The van der Waals surface area contributed by atoms with Crippen molar-refractivity contribution in [3.05, 3.63) is 41.1 Å². The van der Waals surface area contributed by atoms with Gasteiger partial charge in [0.15, 0.2) is 0 Å². The van der Waals surface area contributed by atoms with E-state index in [9.17, 15) is 13.2 Å². The van der Waals surface area contributed by atoms with Crippen LogP contribution < -0.4 is 10.6 Å². The lowest BCUT2D eigenvalue weighted by Gasteiger charge is -2.15. The van der Waals surface area contributed by atoms with Crippen molar-refractivity contribution in [2.75, 3.05) is 37.8 Å². The van der Waals surface area contributed by atoms with Gasteiger partial charge >= 0.3 is 6.18 Å². The minimum atomic E-state index is -4.38. The number of aromatic nitrogens is 2. The number of hydrogen-bond donors (Lipinski definition) is 2. The third-order valence-electron chi connectivity index (χ3n) is 4.62. The molecule has 1 heterocycles. The largest absolute Gasteiger partial charge is 0.416 e. The topological polar surface area (TPSA) is 53.1 Å². The maximum absolute atomic E-state index is 13.2. The summed E-state index contributed by atoms with van der Waals surface area (Å²) in [6.45, 7) is 3.14. The Morgan fingerprint density at radius 1 is 1.14 bits per heavy atom. The van der Waals surface area contributed by atoms with Gasteiger partial charge in [-0.05, 0) is 64.5 Å². The van der Waals surface area contributed by atoms with Gasteiger partial charge in [0.1, 0.15) is 5.82 Å². The van der Waals surface area contributed by atoms with E-state index in [1.165, 1.54) is 13.0 Å². The molecule has 1 saturated carbocycles. The third-order valence-corrected chi connectivity index (χ3v) is 4.62. The molecule has 0 saturated heterocycles. The molecule has 0 unspecified atom stereocenters. The normalized spacial score (nSPS) is 14.4. The Bertz CT molecular complexity index is 816. The number of nitrogens with zero attached hydrogens (tertiary/aromatic N) is 3. The minimum Gasteiger partial charge on any atom is -0.354 e. The fourth-order valence-corrected chi connectivity index (χ4v) is 2.95. The summed E-state index contributed by atoms with van der Waals surface area (Å²) >= 11 is 0. The van der Waals surface area contributed by atoms with Gasteiger partial charge in [-0.1, -0.05) is 6.07 Å². The molecule has 0 atom stereocenters. The second-order valence-electron chi connectivity index (χ2n) is 7.51. The zero-order valence-corrected chi connectivity index (χ0v) is 16.4. The molecule has 1 aliphatic carbocycles. The van der Waals surface area contributed by atoms with Gasteiger partial charge in [0.05, 0.1) is 11.3 Å². The van der Waals surface area contributed by atoms with Gasteiger partial charge in [-0.25, -0.2) is 4.98 Å². The van der Waals surface area contributed by atoms with Gasteiger partial charge in [0.25, 0.3) is 0 Å². The number of alkyl halides is 3. The molecule has 152 valence electrons. The smallest absolute Gasteiger partial charge is 0.354 e. The predicted octanol–water partition coefficient (Wildman–Crippen LogP) is 4.79.